The quantitative estimate of drug-likeness (QED) is 0.624. The first-order valence-electron chi connectivity index (χ1n) is 7.88. The second kappa shape index (κ2) is 8.15. The SMILES string of the molecule is O=C(Cc1ccc([N+](=O)[O-])cc1)Nc1nc(CN2CCOCC2)cs1. The largest absolute Gasteiger partial charge is 0.379 e. The molecule has 25 heavy (non-hydrogen) atoms. The van der Waals surface area contributed by atoms with Crippen LogP contribution in [0.1, 0.15) is 11.3 Å². The Morgan fingerprint density at radius 2 is 2.04 bits per heavy atom. The van der Waals surface area contributed by atoms with Gasteiger partial charge in [-0.05, 0) is 5.56 Å². The molecule has 0 saturated carbocycles. The van der Waals surface area contributed by atoms with Crippen LogP contribution in [0.3, 0.4) is 0 Å². The molecular formula is C16H18N4O4S. The van der Waals surface area contributed by atoms with Crippen LogP contribution >= 0.6 is 11.3 Å². The van der Waals surface area contributed by atoms with E-state index in [4.69, 9.17) is 4.74 Å². The van der Waals surface area contributed by atoms with Crippen LogP contribution in [0.2, 0.25) is 0 Å². The number of morpholine rings is 1. The van der Waals surface area contributed by atoms with Crippen LogP contribution in [-0.2, 0) is 22.5 Å². The van der Waals surface area contributed by atoms with Crippen molar-refractivity contribution >= 4 is 28.1 Å². The van der Waals surface area contributed by atoms with Crippen molar-refractivity contribution in [3.63, 3.8) is 0 Å². The molecule has 0 atom stereocenters. The van der Waals surface area contributed by atoms with Crippen LogP contribution < -0.4 is 5.32 Å². The molecule has 0 unspecified atom stereocenters. The van der Waals surface area contributed by atoms with Gasteiger partial charge in [0.05, 0.1) is 30.3 Å². The lowest BCUT2D eigenvalue weighted by atomic mass is 10.1. The van der Waals surface area contributed by atoms with Crippen LogP contribution in [0, 0.1) is 10.1 Å². The topological polar surface area (TPSA) is 97.6 Å². The summed E-state index contributed by atoms with van der Waals surface area (Å²) in [6.45, 7) is 4.00. The van der Waals surface area contributed by atoms with Gasteiger partial charge in [-0.1, -0.05) is 12.1 Å². The van der Waals surface area contributed by atoms with E-state index < -0.39 is 4.92 Å². The standard InChI is InChI=1S/C16H18N4O4S/c21-15(9-12-1-3-14(4-2-12)20(22)23)18-16-17-13(11-25-16)10-19-5-7-24-8-6-19/h1-4,11H,5-10H2,(H,17,18,21). The number of hydrogen-bond acceptors (Lipinski definition) is 7. The van der Waals surface area contributed by atoms with Crippen LogP contribution in [-0.4, -0.2) is 47.0 Å². The monoisotopic (exact) mass is 362 g/mol. The zero-order valence-corrected chi connectivity index (χ0v) is 14.3. The van der Waals surface area contributed by atoms with Gasteiger partial charge in [0.2, 0.25) is 5.91 Å². The highest BCUT2D eigenvalue weighted by Crippen LogP contribution is 2.18. The number of hydrogen-bond donors (Lipinski definition) is 1. The fourth-order valence-corrected chi connectivity index (χ4v) is 3.23. The summed E-state index contributed by atoms with van der Waals surface area (Å²) in [5, 5.41) is 15.9. The maximum atomic E-state index is 12.1. The third kappa shape index (κ3) is 5.05. The fourth-order valence-electron chi connectivity index (χ4n) is 2.51. The Kier molecular flexibility index (Phi) is 5.69. The van der Waals surface area contributed by atoms with Crippen LogP contribution in [0.15, 0.2) is 29.6 Å². The second-order valence-electron chi connectivity index (χ2n) is 5.68. The summed E-state index contributed by atoms with van der Waals surface area (Å²) in [7, 11) is 0. The molecular weight excluding hydrogens is 344 g/mol. The highest BCUT2D eigenvalue weighted by molar-refractivity contribution is 7.13. The fraction of sp³-hybridized carbons (Fsp3) is 0.375. The van der Waals surface area contributed by atoms with Crippen molar-refractivity contribution in [1.29, 1.82) is 0 Å². The summed E-state index contributed by atoms with van der Waals surface area (Å²) in [5.74, 6) is -0.193. The van der Waals surface area contributed by atoms with Crippen molar-refractivity contribution in [2.45, 2.75) is 13.0 Å². The van der Waals surface area contributed by atoms with E-state index in [-0.39, 0.29) is 18.0 Å². The third-order valence-electron chi connectivity index (χ3n) is 3.80. The smallest absolute Gasteiger partial charge is 0.269 e. The molecule has 0 aliphatic carbocycles. The average Bonchev–Trinajstić information content (AvgIpc) is 3.03. The van der Waals surface area contributed by atoms with E-state index in [1.54, 1.807) is 12.1 Å². The molecule has 1 aliphatic heterocycles. The van der Waals surface area contributed by atoms with Gasteiger partial charge >= 0.3 is 0 Å². The molecule has 1 aliphatic rings. The lowest BCUT2D eigenvalue weighted by molar-refractivity contribution is -0.384. The van der Waals surface area contributed by atoms with Crippen molar-refractivity contribution in [3.8, 4) is 0 Å². The summed E-state index contributed by atoms with van der Waals surface area (Å²) < 4.78 is 5.32. The number of nitro groups is 1. The minimum absolute atomic E-state index is 0.0110. The average molecular weight is 362 g/mol. The van der Waals surface area contributed by atoms with Gasteiger partial charge in [0.15, 0.2) is 5.13 Å². The zero-order chi connectivity index (χ0) is 17.6. The Morgan fingerprint density at radius 3 is 2.72 bits per heavy atom. The van der Waals surface area contributed by atoms with Crippen molar-refractivity contribution in [3.05, 3.63) is 51.0 Å². The van der Waals surface area contributed by atoms with E-state index in [0.717, 1.165) is 38.5 Å². The predicted molar refractivity (Wildman–Crippen MR) is 93.6 cm³/mol. The van der Waals surface area contributed by atoms with Gasteiger partial charge in [-0.3, -0.25) is 19.8 Å². The molecule has 1 fully saturated rings. The Hall–Kier alpha value is -2.36. The number of benzene rings is 1. The van der Waals surface area contributed by atoms with Crippen LogP contribution in [0.25, 0.3) is 0 Å². The maximum absolute atomic E-state index is 12.1. The number of carbonyl (C=O) groups is 1. The number of thiazole rings is 1. The van der Waals surface area contributed by atoms with Crippen molar-refractivity contribution < 1.29 is 14.5 Å². The molecule has 2 aromatic rings. The number of nitrogens with zero attached hydrogens (tertiary/aromatic N) is 3. The summed E-state index contributed by atoms with van der Waals surface area (Å²) >= 11 is 1.39. The van der Waals surface area contributed by atoms with Crippen molar-refractivity contribution in [2.24, 2.45) is 0 Å². The minimum Gasteiger partial charge on any atom is -0.379 e. The molecule has 0 bridgehead atoms. The molecule has 8 nitrogen and oxygen atoms in total. The van der Waals surface area contributed by atoms with Crippen LogP contribution in [0.4, 0.5) is 10.8 Å². The Labute approximate surface area is 148 Å². The molecule has 1 N–H and O–H groups in total. The van der Waals surface area contributed by atoms with Gasteiger partial charge in [-0.15, -0.1) is 11.3 Å². The number of amides is 1. The molecule has 0 radical (unpaired) electrons. The summed E-state index contributed by atoms with van der Waals surface area (Å²) in [5.41, 5.74) is 1.66. The molecule has 2 heterocycles. The molecule has 1 amide bonds. The van der Waals surface area contributed by atoms with Gasteiger partial charge in [-0.2, -0.15) is 0 Å². The molecule has 1 aromatic carbocycles. The molecule has 1 saturated heterocycles. The van der Waals surface area contributed by atoms with E-state index in [1.807, 2.05) is 5.38 Å². The van der Waals surface area contributed by atoms with E-state index in [9.17, 15) is 14.9 Å². The third-order valence-corrected chi connectivity index (χ3v) is 4.61. The molecule has 3 rings (SSSR count). The normalized spacial score (nSPS) is 15.0. The summed E-state index contributed by atoms with van der Waals surface area (Å²) in [6.07, 6.45) is 0.149. The predicted octanol–water partition coefficient (Wildman–Crippen LogP) is 2.06. The first kappa shape index (κ1) is 17.5. The Morgan fingerprint density at radius 1 is 1.32 bits per heavy atom. The number of rotatable bonds is 6. The van der Waals surface area contributed by atoms with Gasteiger partial charge in [0.1, 0.15) is 0 Å². The van der Waals surface area contributed by atoms with Crippen LogP contribution in [0.5, 0.6) is 0 Å². The highest BCUT2D eigenvalue weighted by Gasteiger charge is 2.14. The second-order valence-corrected chi connectivity index (χ2v) is 6.54. The minimum atomic E-state index is -0.463. The maximum Gasteiger partial charge on any atom is 0.269 e. The number of aromatic nitrogens is 1. The number of carbonyl (C=O) groups excluding carboxylic acids is 1. The number of nitrogens with one attached hydrogen (secondary N) is 1. The van der Waals surface area contributed by atoms with E-state index in [1.165, 1.54) is 23.5 Å². The first-order valence-corrected chi connectivity index (χ1v) is 8.76. The lowest BCUT2D eigenvalue weighted by Crippen LogP contribution is -2.35. The molecule has 132 valence electrons. The molecule has 1 aromatic heterocycles. The molecule has 9 heteroatoms. The number of ether oxygens (including phenoxy) is 1. The van der Waals surface area contributed by atoms with Gasteiger partial charge in [0, 0.05) is 37.1 Å². The number of nitro benzene ring substituents is 1. The van der Waals surface area contributed by atoms with Gasteiger partial charge in [-0.25, -0.2) is 4.98 Å². The number of anilines is 1. The van der Waals surface area contributed by atoms with Crippen molar-refractivity contribution in [1.82, 2.24) is 9.88 Å². The first-order chi connectivity index (χ1) is 12.1. The zero-order valence-electron chi connectivity index (χ0n) is 13.5. The Bertz CT molecular complexity index is 741. The van der Waals surface area contributed by atoms with E-state index in [2.05, 4.69) is 15.2 Å². The Balaban J connectivity index is 1.51. The molecule has 0 spiro atoms. The lowest BCUT2D eigenvalue weighted by Gasteiger charge is -2.25. The van der Waals surface area contributed by atoms with E-state index in [0.29, 0.717) is 10.7 Å². The summed E-state index contributed by atoms with van der Waals surface area (Å²) in [6, 6.07) is 5.96. The van der Waals surface area contributed by atoms with Gasteiger partial charge in [0.25, 0.3) is 5.69 Å². The van der Waals surface area contributed by atoms with Crippen molar-refractivity contribution in [2.75, 3.05) is 31.6 Å². The summed E-state index contributed by atoms with van der Waals surface area (Å²) in [4.78, 5) is 29.0. The number of non-ortho nitro benzene ring substituents is 1. The van der Waals surface area contributed by atoms with E-state index >= 15 is 0 Å². The van der Waals surface area contributed by atoms with Gasteiger partial charge < -0.3 is 10.1 Å². The highest BCUT2D eigenvalue weighted by atomic mass is 32.1.